The average molecular weight is 187 g/mol. The van der Waals surface area contributed by atoms with Crippen LogP contribution in [-0.2, 0) is 0 Å². The van der Waals surface area contributed by atoms with Crippen LogP contribution in [0, 0.1) is 0 Å². The van der Waals surface area contributed by atoms with Gasteiger partial charge < -0.3 is 0 Å². The van der Waals surface area contributed by atoms with Crippen LogP contribution in [0.5, 0.6) is 0 Å². The van der Waals surface area contributed by atoms with E-state index in [0.717, 1.165) is 0 Å². The molecule has 8 heavy (non-hydrogen) atoms. The first kappa shape index (κ1) is 8.34. The third-order valence-electron chi connectivity index (χ3n) is 0.783. The molecule has 0 aromatic rings. The summed E-state index contributed by atoms with van der Waals surface area (Å²) in [6.45, 7) is 1.86. The largest absolute Gasteiger partial charge is 0.238 e. The molecule has 0 saturated carbocycles. The van der Waals surface area contributed by atoms with Crippen molar-refractivity contribution in [3.63, 3.8) is 0 Å². The van der Waals surface area contributed by atoms with E-state index in [9.17, 15) is 8.78 Å². The fraction of sp³-hybridized carbons (Fsp3) is 1.00. The maximum absolute atomic E-state index is 11.4. The van der Waals surface area contributed by atoms with E-state index in [4.69, 9.17) is 0 Å². The zero-order valence-corrected chi connectivity index (χ0v) is 6.29. The van der Waals surface area contributed by atoms with Crippen LogP contribution in [0.3, 0.4) is 0 Å². The van der Waals surface area contributed by atoms with Gasteiger partial charge in [0.05, 0.1) is 0 Å². The lowest BCUT2D eigenvalue weighted by atomic mass is 10.3. The first-order valence-corrected chi connectivity index (χ1v) is 3.46. The summed E-state index contributed by atoms with van der Waals surface area (Å²) in [6.07, 6.45) is -1.58. The lowest BCUT2D eigenvalue weighted by Gasteiger charge is -1.99. The molecule has 0 fully saturated rings. The molecule has 0 heterocycles. The minimum Gasteiger partial charge on any atom is -0.211 e. The summed E-state index contributed by atoms with van der Waals surface area (Å²) in [7, 11) is 0. The van der Waals surface area contributed by atoms with Crippen molar-refractivity contribution in [1.82, 2.24) is 0 Å². The normalized spacial score (nSPS) is 14.6. The van der Waals surface area contributed by atoms with Gasteiger partial charge in [0.25, 0.3) is 0 Å². The number of halogens is 3. The van der Waals surface area contributed by atoms with Gasteiger partial charge in [0, 0.05) is 11.2 Å². The molecule has 0 aliphatic rings. The zero-order valence-electron chi connectivity index (χ0n) is 4.70. The molecule has 0 spiro atoms. The fourth-order valence-corrected chi connectivity index (χ4v) is 0.620. The highest BCUT2D eigenvalue weighted by atomic mass is 79.9. The van der Waals surface area contributed by atoms with Crippen LogP contribution in [0.4, 0.5) is 8.78 Å². The smallest absolute Gasteiger partial charge is 0.211 e. The summed E-state index contributed by atoms with van der Waals surface area (Å²) in [6, 6.07) is 0. The van der Waals surface area contributed by atoms with E-state index >= 15 is 0 Å². The van der Waals surface area contributed by atoms with Gasteiger partial charge in [-0.3, -0.25) is 0 Å². The predicted octanol–water partition coefficient (Wildman–Crippen LogP) is 2.82. The molecule has 0 aliphatic carbocycles. The molecule has 0 radical (unpaired) electrons. The molecule has 3 heteroatoms. The van der Waals surface area contributed by atoms with Crippen molar-refractivity contribution in [1.29, 1.82) is 0 Å². The van der Waals surface area contributed by atoms with Crippen LogP contribution in [0.15, 0.2) is 0 Å². The number of hydrogen-bond donors (Lipinski definition) is 0. The topological polar surface area (TPSA) is 0 Å². The van der Waals surface area contributed by atoms with E-state index in [1.807, 2.05) is 6.92 Å². The zero-order chi connectivity index (χ0) is 6.57. The van der Waals surface area contributed by atoms with Crippen molar-refractivity contribution in [3.05, 3.63) is 0 Å². The predicted molar refractivity (Wildman–Crippen MR) is 33.6 cm³/mol. The Morgan fingerprint density at radius 2 is 1.88 bits per heavy atom. The van der Waals surface area contributed by atoms with Gasteiger partial charge in [0.1, 0.15) is 0 Å². The Bertz CT molecular complexity index is 46.4. The van der Waals surface area contributed by atoms with Gasteiger partial charge in [-0.15, -0.1) is 0 Å². The second kappa shape index (κ2) is 4.24. The molecule has 0 rings (SSSR count). The Kier molecular flexibility index (Phi) is 4.42. The van der Waals surface area contributed by atoms with Crippen molar-refractivity contribution in [3.8, 4) is 0 Å². The fourth-order valence-electron chi connectivity index (χ4n) is 0.356. The molecule has 0 amide bonds. The van der Waals surface area contributed by atoms with E-state index in [-0.39, 0.29) is 11.2 Å². The molecule has 1 unspecified atom stereocenters. The quantitative estimate of drug-likeness (QED) is 0.596. The van der Waals surface area contributed by atoms with Crippen molar-refractivity contribution in [2.24, 2.45) is 0 Å². The van der Waals surface area contributed by atoms with Crippen LogP contribution >= 0.6 is 15.9 Å². The van der Waals surface area contributed by atoms with E-state index in [1.165, 1.54) is 0 Å². The molecule has 50 valence electrons. The number of alkyl halides is 3. The van der Waals surface area contributed by atoms with Gasteiger partial charge in [-0.1, -0.05) is 22.9 Å². The van der Waals surface area contributed by atoms with E-state index in [1.54, 1.807) is 0 Å². The summed E-state index contributed by atoms with van der Waals surface area (Å²) >= 11 is 3.17. The van der Waals surface area contributed by atoms with Crippen molar-refractivity contribution in [2.45, 2.75) is 31.0 Å². The second-order valence-corrected chi connectivity index (χ2v) is 3.31. The van der Waals surface area contributed by atoms with E-state index in [0.29, 0.717) is 6.42 Å². The Hall–Kier alpha value is 0.340. The summed E-state index contributed by atoms with van der Waals surface area (Å²) in [5, 5.41) is 0. The Balaban J connectivity index is 2.93. The summed E-state index contributed by atoms with van der Waals surface area (Å²) in [5.74, 6) is 0. The van der Waals surface area contributed by atoms with Gasteiger partial charge in [0.15, 0.2) is 0 Å². The van der Waals surface area contributed by atoms with Crippen LogP contribution in [0.25, 0.3) is 0 Å². The summed E-state index contributed by atoms with van der Waals surface area (Å²) in [4.78, 5) is 0.219. The Morgan fingerprint density at radius 3 is 2.00 bits per heavy atom. The maximum atomic E-state index is 11.4. The monoisotopic (exact) mass is 186 g/mol. The third kappa shape index (κ3) is 6.34. The molecule has 1 atom stereocenters. The Labute approximate surface area is 56.4 Å². The maximum Gasteiger partial charge on any atom is 0.238 e. The van der Waals surface area contributed by atoms with Gasteiger partial charge in [-0.25, -0.2) is 8.78 Å². The molecule has 0 aliphatic heterocycles. The van der Waals surface area contributed by atoms with E-state index < -0.39 is 6.43 Å². The van der Waals surface area contributed by atoms with Crippen LogP contribution in [-0.4, -0.2) is 11.3 Å². The SMILES string of the molecule is CC(Br)CCC(F)F. The minimum absolute atomic E-state index is 0.00637. The molecular weight excluding hydrogens is 178 g/mol. The number of hydrogen-bond acceptors (Lipinski definition) is 0. The highest BCUT2D eigenvalue weighted by Gasteiger charge is 2.03. The molecule has 0 aromatic heterocycles. The number of rotatable bonds is 3. The standard InChI is InChI=1S/C5H9BrF2/c1-4(6)2-3-5(7)8/h4-5H,2-3H2,1H3. The third-order valence-corrected chi connectivity index (χ3v) is 1.24. The molecule has 0 N–H and O–H groups in total. The van der Waals surface area contributed by atoms with Crippen LogP contribution < -0.4 is 0 Å². The highest BCUT2D eigenvalue weighted by Crippen LogP contribution is 2.10. The molecule has 0 saturated heterocycles. The Morgan fingerprint density at radius 1 is 1.38 bits per heavy atom. The highest BCUT2D eigenvalue weighted by molar-refractivity contribution is 9.09. The lowest BCUT2D eigenvalue weighted by Crippen LogP contribution is -1.95. The summed E-state index contributed by atoms with van der Waals surface area (Å²) in [5.41, 5.74) is 0. The molecule has 0 nitrogen and oxygen atoms in total. The molecule has 0 bridgehead atoms. The average Bonchev–Trinajstić information content (AvgIpc) is 1.61. The van der Waals surface area contributed by atoms with Crippen LogP contribution in [0.2, 0.25) is 0 Å². The lowest BCUT2D eigenvalue weighted by molar-refractivity contribution is 0.135. The van der Waals surface area contributed by atoms with Gasteiger partial charge in [-0.2, -0.15) is 0 Å². The molecule has 0 aromatic carbocycles. The van der Waals surface area contributed by atoms with Crippen molar-refractivity contribution >= 4 is 15.9 Å². The van der Waals surface area contributed by atoms with Crippen LogP contribution in [0.1, 0.15) is 19.8 Å². The van der Waals surface area contributed by atoms with Gasteiger partial charge >= 0.3 is 0 Å². The van der Waals surface area contributed by atoms with Gasteiger partial charge in [0.2, 0.25) is 6.43 Å². The van der Waals surface area contributed by atoms with Gasteiger partial charge in [-0.05, 0) is 6.42 Å². The van der Waals surface area contributed by atoms with Crippen molar-refractivity contribution in [2.75, 3.05) is 0 Å². The minimum atomic E-state index is -2.14. The molecular formula is C5H9BrF2. The summed E-state index contributed by atoms with van der Waals surface area (Å²) < 4.78 is 22.7. The van der Waals surface area contributed by atoms with E-state index in [2.05, 4.69) is 15.9 Å². The second-order valence-electron chi connectivity index (χ2n) is 1.75. The first-order valence-electron chi connectivity index (χ1n) is 2.55. The first-order chi connectivity index (χ1) is 3.63. The van der Waals surface area contributed by atoms with Crippen molar-refractivity contribution < 1.29 is 8.78 Å².